The summed E-state index contributed by atoms with van der Waals surface area (Å²) in [6.07, 6.45) is 7.19. The third-order valence-electron chi connectivity index (χ3n) is 3.31. The highest BCUT2D eigenvalue weighted by Gasteiger charge is 2.22. The maximum atomic E-state index is 4.83. The summed E-state index contributed by atoms with van der Waals surface area (Å²) in [5.74, 6) is 0. The lowest BCUT2D eigenvalue weighted by molar-refractivity contribution is 0.650. The van der Waals surface area contributed by atoms with Gasteiger partial charge in [-0.25, -0.2) is 0 Å². The molecule has 0 atom stereocenters. The molecule has 0 unspecified atom stereocenters. The van der Waals surface area contributed by atoms with Gasteiger partial charge >= 0.3 is 0 Å². The lowest BCUT2D eigenvalue weighted by Gasteiger charge is -2.24. The molecule has 1 nitrogen and oxygen atoms in total. The van der Waals surface area contributed by atoms with E-state index >= 15 is 0 Å². The molecular formula is C13H19NS. The molecule has 0 amide bonds. The van der Waals surface area contributed by atoms with Crippen LogP contribution in [-0.4, -0.2) is 11.2 Å². The summed E-state index contributed by atoms with van der Waals surface area (Å²) in [4.78, 5) is 4.83. The first-order valence-electron chi connectivity index (χ1n) is 5.68. The Hall–Kier alpha value is -0.500. The molecule has 0 aliphatic heterocycles. The zero-order valence-corrected chi connectivity index (χ0v) is 10.7. The van der Waals surface area contributed by atoms with Crippen LogP contribution in [0.25, 0.3) is 0 Å². The van der Waals surface area contributed by atoms with Crippen molar-refractivity contribution in [2.24, 2.45) is 0 Å². The number of fused-ring (bicyclic) bond motifs is 1. The average Bonchev–Trinajstić information content (AvgIpc) is 2.28. The van der Waals surface area contributed by atoms with E-state index in [1.54, 1.807) is 0 Å². The first-order valence-corrected chi connectivity index (χ1v) is 6.90. The SMILES string of the molecule is CSC(C)(C)c1ccc2c(n1)CCCC2. The first kappa shape index (κ1) is 11.0. The largest absolute Gasteiger partial charge is 0.256 e. The number of nitrogens with zero attached hydrogens (tertiary/aromatic N) is 1. The predicted molar refractivity (Wildman–Crippen MR) is 67.4 cm³/mol. The number of aryl methyl sites for hydroxylation is 2. The average molecular weight is 221 g/mol. The van der Waals surface area contributed by atoms with Crippen molar-refractivity contribution in [1.29, 1.82) is 0 Å². The van der Waals surface area contributed by atoms with E-state index in [1.165, 1.54) is 42.6 Å². The van der Waals surface area contributed by atoms with Gasteiger partial charge in [-0.15, -0.1) is 0 Å². The summed E-state index contributed by atoms with van der Waals surface area (Å²) in [5.41, 5.74) is 4.05. The van der Waals surface area contributed by atoms with Crippen LogP contribution >= 0.6 is 11.8 Å². The molecule has 0 N–H and O–H groups in total. The number of pyridine rings is 1. The molecule has 1 aromatic heterocycles. The van der Waals surface area contributed by atoms with Crippen LogP contribution < -0.4 is 0 Å². The molecular weight excluding hydrogens is 202 g/mol. The van der Waals surface area contributed by atoms with Crippen molar-refractivity contribution in [2.45, 2.75) is 44.3 Å². The van der Waals surface area contributed by atoms with Crippen LogP contribution in [0.3, 0.4) is 0 Å². The van der Waals surface area contributed by atoms with Gasteiger partial charge < -0.3 is 0 Å². The Kier molecular flexibility index (Phi) is 3.06. The van der Waals surface area contributed by atoms with Crippen molar-refractivity contribution >= 4 is 11.8 Å². The quantitative estimate of drug-likeness (QED) is 0.757. The Labute approximate surface area is 96.7 Å². The lowest BCUT2D eigenvalue weighted by Crippen LogP contribution is -2.16. The van der Waals surface area contributed by atoms with Gasteiger partial charge in [0.25, 0.3) is 0 Å². The monoisotopic (exact) mass is 221 g/mol. The van der Waals surface area contributed by atoms with Gasteiger partial charge in [0, 0.05) is 5.69 Å². The van der Waals surface area contributed by atoms with E-state index in [0.29, 0.717) is 0 Å². The molecule has 0 spiro atoms. The van der Waals surface area contributed by atoms with Gasteiger partial charge in [-0.3, -0.25) is 4.98 Å². The second-order valence-corrected chi connectivity index (χ2v) is 6.15. The second kappa shape index (κ2) is 4.17. The van der Waals surface area contributed by atoms with Gasteiger partial charge in [0.05, 0.1) is 10.4 Å². The number of thioether (sulfide) groups is 1. The van der Waals surface area contributed by atoms with Gasteiger partial charge in [0.15, 0.2) is 0 Å². The molecule has 1 aliphatic carbocycles. The fraction of sp³-hybridized carbons (Fsp3) is 0.615. The maximum Gasteiger partial charge on any atom is 0.0562 e. The van der Waals surface area contributed by atoms with Crippen LogP contribution in [0.5, 0.6) is 0 Å². The van der Waals surface area contributed by atoms with Crippen molar-refractivity contribution in [3.8, 4) is 0 Å². The topological polar surface area (TPSA) is 12.9 Å². The molecule has 0 saturated heterocycles. The van der Waals surface area contributed by atoms with Gasteiger partial charge in [-0.1, -0.05) is 6.07 Å². The summed E-state index contributed by atoms with van der Waals surface area (Å²) in [7, 11) is 0. The normalized spacial score (nSPS) is 16.2. The van der Waals surface area contributed by atoms with Gasteiger partial charge in [-0.05, 0) is 57.4 Å². The summed E-state index contributed by atoms with van der Waals surface area (Å²) >= 11 is 1.87. The Morgan fingerprint density at radius 3 is 2.67 bits per heavy atom. The van der Waals surface area contributed by atoms with E-state index in [2.05, 4.69) is 32.2 Å². The van der Waals surface area contributed by atoms with E-state index in [4.69, 9.17) is 4.98 Å². The van der Waals surface area contributed by atoms with Crippen molar-refractivity contribution in [1.82, 2.24) is 4.98 Å². The minimum absolute atomic E-state index is 0.145. The van der Waals surface area contributed by atoms with E-state index in [9.17, 15) is 0 Å². The maximum absolute atomic E-state index is 4.83. The summed E-state index contributed by atoms with van der Waals surface area (Å²) < 4.78 is 0.145. The molecule has 0 saturated carbocycles. The Bertz CT molecular complexity index is 358. The molecule has 0 bridgehead atoms. The van der Waals surface area contributed by atoms with Crippen molar-refractivity contribution < 1.29 is 0 Å². The summed E-state index contributed by atoms with van der Waals surface area (Å²) in [6, 6.07) is 4.50. The van der Waals surface area contributed by atoms with Crippen LogP contribution in [0.4, 0.5) is 0 Å². The van der Waals surface area contributed by atoms with Crippen LogP contribution in [-0.2, 0) is 17.6 Å². The lowest BCUT2D eigenvalue weighted by atomic mass is 9.95. The van der Waals surface area contributed by atoms with Gasteiger partial charge in [-0.2, -0.15) is 11.8 Å². The molecule has 0 aromatic carbocycles. The van der Waals surface area contributed by atoms with Crippen LogP contribution in [0, 0.1) is 0 Å². The molecule has 1 aromatic rings. The molecule has 0 fully saturated rings. The molecule has 1 aliphatic rings. The van der Waals surface area contributed by atoms with Crippen molar-refractivity contribution in [2.75, 3.05) is 6.26 Å². The zero-order valence-electron chi connectivity index (χ0n) is 9.84. The fourth-order valence-electron chi connectivity index (χ4n) is 2.02. The Balaban J connectivity index is 2.36. The third-order valence-corrected chi connectivity index (χ3v) is 4.54. The van der Waals surface area contributed by atoms with Crippen molar-refractivity contribution in [3.05, 3.63) is 29.1 Å². The highest BCUT2D eigenvalue weighted by molar-refractivity contribution is 7.99. The Morgan fingerprint density at radius 2 is 1.93 bits per heavy atom. The molecule has 82 valence electrons. The Morgan fingerprint density at radius 1 is 1.20 bits per heavy atom. The minimum Gasteiger partial charge on any atom is -0.256 e. The van der Waals surface area contributed by atoms with Gasteiger partial charge in [0.1, 0.15) is 0 Å². The minimum atomic E-state index is 0.145. The van der Waals surface area contributed by atoms with E-state index in [-0.39, 0.29) is 4.75 Å². The standard InChI is InChI=1S/C13H19NS/c1-13(2,15-3)12-9-8-10-6-4-5-7-11(10)14-12/h8-9H,4-7H2,1-3H3. The van der Waals surface area contributed by atoms with Crippen LogP contribution in [0.2, 0.25) is 0 Å². The zero-order chi connectivity index (χ0) is 10.9. The highest BCUT2D eigenvalue weighted by atomic mass is 32.2. The first-order chi connectivity index (χ1) is 7.13. The number of hydrogen-bond donors (Lipinski definition) is 0. The van der Waals surface area contributed by atoms with E-state index in [0.717, 1.165) is 0 Å². The second-order valence-electron chi connectivity index (χ2n) is 4.72. The molecule has 15 heavy (non-hydrogen) atoms. The number of aromatic nitrogens is 1. The molecule has 2 rings (SSSR count). The fourth-order valence-corrected chi connectivity index (χ4v) is 2.34. The van der Waals surface area contributed by atoms with Crippen LogP contribution in [0.15, 0.2) is 12.1 Å². The predicted octanol–water partition coefficient (Wildman–Crippen LogP) is 3.56. The van der Waals surface area contributed by atoms with E-state index in [1.807, 2.05) is 11.8 Å². The van der Waals surface area contributed by atoms with E-state index < -0.39 is 0 Å². The smallest absolute Gasteiger partial charge is 0.0562 e. The molecule has 1 heterocycles. The summed E-state index contributed by atoms with van der Waals surface area (Å²) in [6.45, 7) is 4.49. The van der Waals surface area contributed by atoms with Gasteiger partial charge in [0.2, 0.25) is 0 Å². The number of hydrogen-bond acceptors (Lipinski definition) is 2. The number of rotatable bonds is 2. The third kappa shape index (κ3) is 2.20. The van der Waals surface area contributed by atoms with Crippen molar-refractivity contribution in [3.63, 3.8) is 0 Å². The molecule has 2 heteroatoms. The molecule has 0 radical (unpaired) electrons. The summed E-state index contributed by atoms with van der Waals surface area (Å²) in [5, 5.41) is 0. The van der Waals surface area contributed by atoms with Crippen LogP contribution in [0.1, 0.15) is 43.6 Å². The highest BCUT2D eigenvalue weighted by Crippen LogP contribution is 2.33.